The van der Waals surface area contributed by atoms with E-state index < -0.39 is 0 Å². The number of hydrogen-bond donors (Lipinski definition) is 1. The second-order valence-corrected chi connectivity index (χ2v) is 5.89. The SMILES string of the molecule is Cc1cccc(CN2CCN(CCCCCO)CC2)c1. The van der Waals surface area contributed by atoms with E-state index in [1.54, 1.807) is 0 Å². The highest BCUT2D eigenvalue weighted by Crippen LogP contribution is 2.11. The van der Waals surface area contributed by atoms with Crippen molar-refractivity contribution in [2.45, 2.75) is 32.7 Å². The van der Waals surface area contributed by atoms with Crippen LogP contribution >= 0.6 is 0 Å². The maximum atomic E-state index is 8.78. The van der Waals surface area contributed by atoms with Crippen LogP contribution < -0.4 is 0 Å². The summed E-state index contributed by atoms with van der Waals surface area (Å²) in [6, 6.07) is 8.84. The first-order chi connectivity index (χ1) is 9.78. The normalized spacial score (nSPS) is 17.5. The Kier molecular flexibility index (Phi) is 6.51. The van der Waals surface area contributed by atoms with E-state index in [4.69, 9.17) is 5.11 Å². The summed E-state index contributed by atoms with van der Waals surface area (Å²) < 4.78 is 0. The molecule has 1 aliphatic heterocycles. The highest BCUT2D eigenvalue weighted by Gasteiger charge is 2.16. The molecule has 0 unspecified atom stereocenters. The molecule has 2 rings (SSSR count). The Morgan fingerprint density at radius 3 is 2.45 bits per heavy atom. The van der Waals surface area contributed by atoms with Crippen LogP contribution in [0.2, 0.25) is 0 Å². The summed E-state index contributed by atoms with van der Waals surface area (Å²) in [4.78, 5) is 5.11. The summed E-state index contributed by atoms with van der Waals surface area (Å²) in [5.74, 6) is 0. The zero-order valence-corrected chi connectivity index (χ0v) is 12.7. The largest absolute Gasteiger partial charge is 0.396 e. The molecule has 20 heavy (non-hydrogen) atoms. The molecular weight excluding hydrogens is 248 g/mol. The van der Waals surface area contributed by atoms with E-state index in [0.717, 1.165) is 19.4 Å². The fourth-order valence-electron chi connectivity index (χ4n) is 2.86. The molecule has 1 aromatic carbocycles. The lowest BCUT2D eigenvalue weighted by Crippen LogP contribution is -2.46. The van der Waals surface area contributed by atoms with Crippen LogP contribution in [-0.2, 0) is 6.54 Å². The van der Waals surface area contributed by atoms with Crippen molar-refractivity contribution in [1.29, 1.82) is 0 Å². The summed E-state index contributed by atoms with van der Waals surface area (Å²) in [6.07, 6.45) is 3.33. The molecule has 3 nitrogen and oxygen atoms in total. The lowest BCUT2D eigenvalue weighted by Gasteiger charge is -2.34. The van der Waals surface area contributed by atoms with Gasteiger partial charge in [0.2, 0.25) is 0 Å². The molecule has 112 valence electrons. The van der Waals surface area contributed by atoms with Gasteiger partial charge in [-0.2, -0.15) is 0 Å². The van der Waals surface area contributed by atoms with Crippen molar-refractivity contribution >= 4 is 0 Å². The minimum Gasteiger partial charge on any atom is -0.396 e. The first kappa shape index (κ1) is 15.5. The van der Waals surface area contributed by atoms with Gasteiger partial charge in [0.15, 0.2) is 0 Å². The van der Waals surface area contributed by atoms with E-state index >= 15 is 0 Å². The summed E-state index contributed by atoms with van der Waals surface area (Å²) in [5.41, 5.74) is 2.78. The summed E-state index contributed by atoms with van der Waals surface area (Å²) >= 11 is 0. The van der Waals surface area contributed by atoms with E-state index in [1.165, 1.54) is 50.3 Å². The van der Waals surface area contributed by atoms with Gasteiger partial charge in [-0.1, -0.05) is 29.8 Å². The Morgan fingerprint density at radius 1 is 1.00 bits per heavy atom. The van der Waals surface area contributed by atoms with Crippen molar-refractivity contribution < 1.29 is 5.11 Å². The predicted molar refractivity (Wildman–Crippen MR) is 83.8 cm³/mol. The van der Waals surface area contributed by atoms with Gasteiger partial charge in [0.1, 0.15) is 0 Å². The number of hydrogen-bond acceptors (Lipinski definition) is 3. The van der Waals surface area contributed by atoms with Gasteiger partial charge >= 0.3 is 0 Å². The minimum atomic E-state index is 0.338. The molecule has 0 amide bonds. The van der Waals surface area contributed by atoms with Gasteiger partial charge in [0, 0.05) is 39.3 Å². The van der Waals surface area contributed by atoms with Gasteiger partial charge in [-0.25, -0.2) is 0 Å². The van der Waals surface area contributed by atoms with Crippen LogP contribution in [0.5, 0.6) is 0 Å². The smallest absolute Gasteiger partial charge is 0.0431 e. The molecule has 1 saturated heterocycles. The fourth-order valence-corrected chi connectivity index (χ4v) is 2.86. The number of aryl methyl sites for hydroxylation is 1. The predicted octanol–water partition coefficient (Wildman–Crippen LogP) is 2.28. The monoisotopic (exact) mass is 276 g/mol. The molecule has 1 fully saturated rings. The molecule has 0 spiro atoms. The van der Waals surface area contributed by atoms with Crippen molar-refractivity contribution in [3.63, 3.8) is 0 Å². The third-order valence-corrected chi connectivity index (χ3v) is 4.09. The number of benzene rings is 1. The number of rotatable bonds is 7. The summed E-state index contributed by atoms with van der Waals surface area (Å²) in [7, 11) is 0. The zero-order chi connectivity index (χ0) is 14.2. The molecule has 1 heterocycles. The Morgan fingerprint density at radius 2 is 1.75 bits per heavy atom. The van der Waals surface area contributed by atoms with Crippen LogP contribution in [0.4, 0.5) is 0 Å². The van der Waals surface area contributed by atoms with Crippen LogP contribution in [0, 0.1) is 6.92 Å². The Labute approximate surface area is 123 Å². The van der Waals surface area contributed by atoms with Crippen molar-refractivity contribution in [2.24, 2.45) is 0 Å². The topological polar surface area (TPSA) is 26.7 Å². The van der Waals surface area contributed by atoms with E-state index in [0.29, 0.717) is 6.61 Å². The van der Waals surface area contributed by atoms with Crippen LogP contribution in [0.15, 0.2) is 24.3 Å². The fraction of sp³-hybridized carbons (Fsp3) is 0.647. The molecule has 1 N–H and O–H groups in total. The van der Waals surface area contributed by atoms with Gasteiger partial charge in [0.25, 0.3) is 0 Å². The number of aliphatic hydroxyl groups is 1. The van der Waals surface area contributed by atoms with Crippen LogP contribution in [0.25, 0.3) is 0 Å². The first-order valence-electron chi connectivity index (χ1n) is 7.89. The number of aliphatic hydroxyl groups excluding tert-OH is 1. The van der Waals surface area contributed by atoms with Crippen molar-refractivity contribution in [2.75, 3.05) is 39.3 Å². The number of unbranched alkanes of at least 4 members (excludes halogenated alkanes) is 2. The third kappa shape index (κ3) is 5.23. The summed E-state index contributed by atoms with van der Waals surface area (Å²) in [6.45, 7) is 9.49. The zero-order valence-electron chi connectivity index (χ0n) is 12.7. The van der Waals surface area contributed by atoms with E-state index in [-0.39, 0.29) is 0 Å². The van der Waals surface area contributed by atoms with Crippen LogP contribution in [-0.4, -0.2) is 54.2 Å². The van der Waals surface area contributed by atoms with Crippen LogP contribution in [0.1, 0.15) is 30.4 Å². The molecule has 0 radical (unpaired) electrons. The maximum absolute atomic E-state index is 8.78. The molecular formula is C17H28N2O. The minimum absolute atomic E-state index is 0.338. The van der Waals surface area contributed by atoms with E-state index in [2.05, 4.69) is 41.0 Å². The highest BCUT2D eigenvalue weighted by atomic mass is 16.2. The Balaban J connectivity index is 1.66. The Bertz CT molecular complexity index is 386. The molecule has 0 aromatic heterocycles. The average Bonchev–Trinajstić information content (AvgIpc) is 2.45. The quantitative estimate of drug-likeness (QED) is 0.774. The third-order valence-electron chi connectivity index (χ3n) is 4.09. The standard InChI is InChI=1S/C17H28N2O/c1-16-6-5-7-17(14-16)15-19-11-9-18(10-12-19)8-3-2-4-13-20/h5-7,14,20H,2-4,8-13,15H2,1H3. The molecule has 1 aromatic rings. The van der Waals surface area contributed by atoms with Crippen molar-refractivity contribution in [3.8, 4) is 0 Å². The molecule has 1 aliphatic rings. The first-order valence-corrected chi connectivity index (χ1v) is 7.89. The average molecular weight is 276 g/mol. The second kappa shape index (κ2) is 8.40. The number of piperazine rings is 1. The molecule has 3 heteroatoms. The van der Waals surface area contributed by atoms with Gasteiger partial charge in [-0.3, -0.25) is 4.90 Å². The lowest BCUT2D eigenvalue weighted by atomic mass is 10.1. The molecule has 0 saturated carbocycles. The molecule has 0 atom stereocenters. The highest BCUT2D eigenvalue weighted by molar-refractivity contribution is 5.22. The van der Waals surface area contributed by atoms with Crippen LogP contribution in [0.3, 0.4) is 0 Å². The lowest BCUT2D eigenvalue weighted by molar-refractivity contribution is 0.125. The van der Waals surface area contributed by atoms with E-state index in [9.17, 15) is 0 Å². The van der Waals surface area contributed by atoms with Gasteiger partial charge in [-0.05, 0) is 38.3 Å². The maximum Gasteiger partial charge on any atom is 0.0431 e. The molecule has 0 aliphatic carbocycles. The Hall–Kier alpha value is -0.900. The van der Waals surface area contributed by atoms with Gasteiger partial charge in [-0.15, -0.1) is 0 Å². The van der Waals surface area contributed by atoms with Gasteiger partial charge < -0.3 is 10.0 Å². The second-order valence-electron chi connectivity index (χ2n) is 5.89. The van der Waals surface area contributed by atoms with Crippen molar-refractivity contribution in [3.05, 3.63) is 35.4 Å². The van der Waals surface area contributed by atoms with E-state index in [1.807, 2.05) is 0 Å². The summed E-state index contributed by atoms with van der Waals surface area (Å²) in [5, 5.41) is 8.78. The number of nitrogens with zero attached hydrogens (tertiary/aromatic N) is 2. The van der Waals surface area contributed by atoms with Gasteiger partial charge in [0.05, 0.1) is 0 Å². The van der Waals surface area contributed by atoms with Crippen molar-refractivity contribution in [1.82, 2.24) is 9.80 Å². The molecule has 0 bridgehead atoms.